The van der Waals surface area contributed by atoms with Crippen molar-refractivity contribution < 1.29 is 4.74 Å². The first-order valence-corrected chi connectivity index (χ1v) is 4.86. The lowest BCUT2D eigenvalue weighted by atomic mass is 9.67. The Balaban J connectivity index is 2.53. The molecule has 0 saturated carbocycles. The SMILES string of the molecule is CBC1OC(CC)C(C)C1C. The summed E-state index contributed by atoms with van der Waals surface area (Å²) in [6.45, 7) is 9.06. The summed E-state index contributed by atoms with van der Waals surface area (Å²) in [5.74, 6) is 1.51. The van der Waals surface area contributed by atoms with Crippen LogP contribution in [0.4, 0.5) is 0 Å². The smallest absolute Gasteiger partial charge is 0.154 e. The van der Waals surface area contributed by atoms with Crippen molar-refractivity contribution >= 4 is 7.28 Å². The molecule has 4 unspecified atom stereocenters. The third-order valence-electron chi connectivity index (χ3n) is 3.16. The number of hydrogen-bond acceptors (Lipinski definition) is 1. The minimum absolute atomic E-state index is 0.523. The van der Waals surface area contributed by atoms with Gasteiger partial charge in [-0.15, -0.1) is 0 Å². The average Bonchev–Trinajstić information content (AvgIpc) is 2.30. The van der Waals surface area contributed by atoms with Gasteiger partial charge in [0, 0.05) is 6.00 Å². The van der Waals surface area contributed by atoms with Crippen molar-refractivity contribution in [2.24, 2.45) is 11.8 Å². The van der Waals surface area contributed by atoms with E-state index in [-0.39, 0.29) is 0 Å². The van der Waals surface area contributed by atoms with Crippen molar-refractivity contribution in [3.63, 3.8) is 0 Å². The largest absolute Gasteiger partial charge is 0.383 e. The molecular weight excluding hydrogens is 135 g/mol. The van der Waals surface area contributed by atoms with Crippen molar-refractivity contribution in [1.29, 1.82) is 0 Å². The van der Waals surface area contributed by atoms with Gasteiger partial charge in [0.15, 0.2) is 7.28 Å². The molecule has 1 fully saturated rings. The third kappa shape index (κ3) is 1.61. The molecule has 0 aromatic rings. The van der Waals surface area contributed by atoms with Crippen LogP contribution in [0.1, 0.15) is 27.2 Å². The molecule has 0 aliphatic carbocycles. The summed E-state index contributed by atoms with van der Waals surface area (Å²) in [4.78, 5) is 0. The maximum Gasteiger partial charge on any atom is 0.154 e. The molecule has 0 aromatic carbocycles. The van der Waals surface area contributed by atoms with Crippen LogP contribution in [0.2, 0.25) is 6.82 Å². The highest BCUT2D eigenvalue weighted by molar-refractivity contribution is 6.35. The Kier molecular flexibility index (Phi) is 3.00. The molecule has 0 spiro atoms. The highest BCUT2D eigenvalue weighted by atomic mass is 16.5. The first-order valence-electron chi connectivity index (χ1n) is 4.86. The van der Waals surface area contributed by atoms with Crippen LogP contribution >= 0.6 is 0 Å². The van der Waals surface area contributed by atoms with Crippen LogP contribution in [0.25, 0.3) is 0 Å². The first-order chi connectivity index (χ1) is 5.20. The standard InChI is InChI=1S/C9H19BO/c1-5-8-6(2)7(3)9(10-4)11-8/h6-10H,5H2,1-4H3. The van der Waals surface area contributed by atoms with Crippen molar-refractivity contribution in [2.75, 3.05) is 0 Å². The maximum absolute atomic E-state index is 5.88. The van der Waals surface area contributed by atoms with Crippen LogP contribution in [0.15, 0.2) is 0 Å². The van der Waals surface area contributed by atoms with Gasteiger partial charge in [-0.3, -0.25) is 0 Å². The van der Waals surface area contributed by atoms with Gasteiger partial charge in [-0.2, -0.15) is 0 Å². The molecule has 1 rings (SSSR count). The monoisotopic (exact) mass is 154 g/mol. The quantitative estimate of drug-likeness (QED) is 0.551. The van der Waals surface area contributed by atoms with Crippen LogP contribution in [-0.4, -0.2) is 19.4 Å². The molecule has 0 aromatic heterocycles. The predicted octanol–water partition coefficient (Wildman–Crippen LogP) is 1.88. The van der Waals surface area contributed by atoms with E-state index in [1.54, 1.807) is 0 Å². The number of rotatable bonds is 2. The third-order valence-corrected chi connectivity index (χ3v) is 3.16. The second-order valence-electron chi connectivity index (χ2n) is 3.75. The van der Waals surface area contributed by atoms with Gasteiger partial charge in [0.1, 0.15) is 0 Å². The fourth-order valence-corrected chi connectivity index (χ4v) is 2.09. The minimum atomic E-state index is 0.523. The fourth-order valence-electron chi connectivity index (χ4n) is 2.09. The Hall–Kier alpha value is 0.0249. The summed E-state index contributed by atoms with van der Waals surface area (Å²) in [7, 11) is 1.17. The second-order valence-corrected chi connectivity index (χ2v) is 3.75. The lowest BCUT2D eigenvalue weighted by Crippen LogP contribution is -2.20. The molecule has 2 heteroatoms. The Morgan fingerprint density at radius 1 is 1.27 bits per heavy atom. The van der Waals surface area contributed by atoms with Crippen LogP contribution in [0.5, 0.6) is 0 Å². The molecule has 1 aliphatic rings. The highest BCUT2D eigenvalue weighted by Gasteiger charge is 2.36. The van der Waals surface area contributed by atoms with E-state index in [2.05, 4.69) is 27.6 Å². The van der Waals surface area contributed by atoms with Gasteiger partial charge in [0.05, 0.1) is 6.10 Å². The number of ether oxygens (including phenoxy) is 1. The lowest BCUT2D eigenvalue weighted by molar-refractivity contribution is 0.0683. The zero-order valence-corrected chi connectivity index (χ0v) is 8.13. The van der Waals surface area contributed by atoms with E-state index in [1.807, 2.05) is 0 Å². The van der Waals surface area contributed by atoms with Gasteiger partial charge < -0.3 is 4.74 Å². The molecule has 0 radical (unpaired) electrons. The zero-order valence-electron chi connectivity index (χ0n) is 8.13. The summed E-state index contributed by atoms with van der Waals surface area (Å²) in [5.41, 5.74) is 0. The summed E-state index contributed by atoms with van der Waals surface area (Å²) < 4.78 is 5.88. The molecule has 0 N–H and O–H groups in total. The zero-order chi connectivity index (χ0) is 8.43. The Morgan fingerprint density at radius 2 is 1.91 bits per heavy atom. The Labute approximate surface area is 70.8 Å². The number of hydrogen-bond donors (Lipinski definition) is 0. The predicted molar refractivity (Wildman–Crippen MR) is 50.3 cm³/mol. The summed E-state index contributed by atoms with van der Waals surface area (Å²) in [6.07, 6.45) is 1.69. The molecular formula is C9H19BO. The molecule has 1 nitrogen and oxygen atoms in total. The molecule has 1 heterocycles. The van der Waals surface area contributed by atoms with E-state index in [9.17, 15) is 0 Å². The molecule has 64 valence electrons. The first kappa shape index (κ1) is 9.12. The maximum atomic E-state index is 5.88. The van der Waals surface area contributed by atoms with E-state index in [1.165, 1.54) is 13.7 Å². The summed E-state index contributed by atoms with van der Waals surface area (Å²) in [6, 6.07) is 0.523. The molecule has 1 saturated heterocycles. The van der Waals surface area contributed by atoms with Gasteiger partial charge in [-0.05, 0) is 18.3 Å². The van der Waals surface area contributed by atoms with Crippen molar-refractivity contribution in [3.05, 3.63) is 0 Å². The van der Waals surface area contributed by atoms with E-state index < -0.39 is 0 Å². The fraction of sp³-hybridized carbons (Fsp3) is 1.00. The average molecular weight is 154 g/mol. The lowest BCUT2D eigenvalue weighted by Gasteiger charge is -2.13. The van der Waals surface area contributed by atoms with Gasteiger partial charge in [0.25, 0.3) is 0 Å². The minimum Gasteiger partial charge on any atom is -0.383 e. The van der Waals surface area contributed by atoms with Gasteiger partial charge >= 0.3 is 0 Å². The van der Waals surface area contributed by atoms with Crippen molar-refractivity contribution in [2.45, 2.75) is 46.1 Å². The molecule has 0 bridgehead atoms. The van der Waals surface area contributed by atoms with E-state index in [0.29, 0.717) is 12.1 Å². The molecule has 0 amide bonds. The van der Waals surface area contributed by atoms with Crippen LogP contribution in [-0.2, 0) is 4.74 Å². The topological polar surface area (TPSA) is 9.23 Å². The van der Waals surface area contributed by atoms with Crippen molar-refractivity contribution in [1.82, 2.24) is 0 Å². The normalized spacial score (nSPS) is 44.4. The summed E-state index contributed by atoms with van der Waals surface area (Å²) >= 11 is 0. The van der Waals surface area contributed by atoms with Crippen molar-refractivity contribution in [3.8, 4) is 0 Å². The summed E-state index contributed by atoms with van der Waals surface area (Å²) in [5, 5.41) is 0. The van der Waals surface area contributed by atoms with Crippen LogP contribution in [0.3, 0.4) is 0 Å². The second kappa shape index (κ2) is 3.62. The van der Waals surface area contributed by atoms with Gasteiger partial charge in [-0.25, -0.2) is 0 Å². The van der Waals surface area contributed by atoms with Gasteiger partial charge in [-0.1, -0.05) is 27.6 Å². The van der Waals surface area contributed by atoms with Crippen LogP contribution < -0.4 is 0 Å². The van der Waals surface area contributed by atoms with Crippen LogP contribution in [0, 0.1) is 11.8 Å². The Morgan fingerprint density at radius 3 is 2.18 bits per heavy atom. The van der Waals surface area contributed by atoms with E-state index in [0.717, 1.165) is 11.8 Å². The van der Waals surface area contributed by atoms with Gasteiger partial charge in [0.2, 0.25) is 0 Å². The Bertz CT molecular complexity index is 109. The highest BCUT2D eigenvalue weighted by Crippen LogP contribution is 2.32. The molecule has 4 atom stereocenters. The van der Waals surface area contributed by atoms with E-state index in [4.69, 9.17) is 4.74 Å². The molecule has 11 heavy (non-hydrogen) atoms. The molecule has 1 aliphatic heterocycles. The van der Waals surface area contributed by atoms with E-state index >= 15 is 0 Å².